The molecule has 1 aromatic carbocycles. The lowest BCUT2D eigenvalue weighted by Gasteiger charge is -2.26. The number of amides is 1. The van der Waals surface area contributed by atoms with Crippen molar-refractivity contribution in [3.63, 3.8) is 0 Å². The van der Waals surface area contributed by atoms with E-state index in [-0.39, 0.29) is 11.9 Å². The van der Waals surface area contributed by atoms with Crippen molar-refractivity contribution in [2.45, 2.75) is 19.4 Å². The number of hydrogen-bond acceptors (Lipinski definition) is 5. The average Bonchev–Trinajstić information content (AvgIpc) is 2.85. The summed E-state index contributed by atoms with van der Waals surface area (Å²) in [5.41, 5.74) is 0.640. The van der Waals surface area contributed by atoms with Gasteiger partial charge in [0.25, 0.3) is 5.91 Å². The van der Waals surface area contributed by atoms with Crippen LogP contribution < -0.4 is 0 Å². The molecule has 128 valence electrons. The molecule has 1 aromatic heterocycles. The first kappa shape index (κ1) is 16.9. The van der Waals surface area contributed by atoms with Crippen molar-refractivity contribution in [2.75, 3.05) is 26.2 Å². The summed E-state index contributed by atoms with van der Waals surface area (Å²) in [5, 5.41) is 12.3. The highest BCUT2D eigenvalue weighted by Crippen LogP contribution is 2.20. The highest BCUT2D eigenvalue weighted by atomic mass is 35.5. The fraction of sp³-hybridized carbons (Fsp3) is 0.500. The molecule has 3 rings (SSSR count). The Hall–Kier alpha value is -1.99. The number of rotatable bonds is 3. The molecule has 1 saturated heterocycles. The van der Waals surface area contributed by atoms with Gasteiger partial charge in [-0.2, -0.15) is 0 Å². The van der Waals surface area contributed by atoms with E-state index >= 15 is 0 Å². The van der Waals surface area contributed by atoms with Gasteiger partial charge in [-0.05, 0) is 42.0 Å². The van der Waals surface area contributed by atoms with Gasteiger partial charge in [-0.25, -0.2) is 4.68 Å². The van der Waals surface area contributed by atoms with Gasteiger partial charge < -0.3 is 4.90 Å². The Morgan fingerprint density at radius 2 is 2.08 bits per heavy atom. The number of carbonyl (C=O) groups is 1. The summed E-state index contributed by atoms with van der Waals surface area (Å²) < 4.78 is 1.70. The van der Waals surface area contributed by atoms with Crippen molar-refractivity contribution in [3.05, 3.63) is 40.7 Å². The summed E-state index contributed by atoms with van der Waals surface area (Å²) in [6, 6.07) is 7.24. The van der Waals surface area contributed by atoms with E-state index in [4.69, 9.17) is 11.6 Å². The van der Waals surface area contributed by atoms with Gasteiger partial charge in [0, 0.05) is 43.8 Å². The van der Waals surface area contributed by atoms with Gasteiger partial charge in [-0.1, -0.05) is 17.7 Å². The van der Waals surface area contributed by atoms with E-state index in [1.165, 1.54) is 0 Å². The summed E-state index contributed by atoms with van der Waals surface area (Å²) in [7, 11) is 1.85. The number of tetrazole rings is 1. The van der Waals surface area contributed by atoms with Crippen LogP contribution in [0.4, 0.5) is 0 Å². The fourth-order valence-corrected chi connectivity index (χ4v) is 3.28. The molecular weight excluding hydrogens is 328 g/mol. The maximum atomic E-state index is 12.7. The summed E-state index contributed by atoms with van der Waals surface area (Å²) in [6.07, 6.45) is 0.919. The van der Waals surface area contributed by atoms with Crippen LogP contribution in [-0.4, -0.2) is 62.1 Å². The molecule has 0 saturated carbocycles. The van der Waals surface area contributed by atoms with Gasteiger partial charge in [-0.15, -0.1) is 5.10 Å². The fourth-order valence-electron chi connectivity index (χ4n) is 3.09. The number of aryl methyl sites for hydroxylation is 1. The van der Waals surface area contributed by atoms with Gasteiger partial charge in [0.2, 0.25) is 0 Å². The highest BCUT2D eigenvalue weighted by Gasteiger charge is 2.25. The first-order chi connectivity index (χ1) is 11.6. The van der Waals surface area contributed by atoms with Crippen LogP contribution in [0.3, 0.4) is 0 Å². The van der Waals surface area contributed by atoms with E-state index in [0.29, 0.717) is 17.1 Å². The van der Waals surface area contributed by atoms with Crippen molar-refractivity contribution < 1.29 is 4.79 Å². The quantitative estimate of drug-likeness (QED) is 0.845. The molecule has 1 amide bonds. The monoisotopic (exact) mass is 348 g/mol. The summed E-state index contributed by atoms with van der Waals surface area (Å²) in [5.74, 6) is 0.872. The molecule has 24 heavy (non-hydrogen) atoms. The molecule has 1 unspecified atom stereocenters. The van der Waals surface area contributed by atoms with E-state index in [0.717, 1.165) is 31.9 Å². The number of aromatic nitrogens is 4. The van der Waals surface area contributed by atoms with E-state index in [9.17, 15) is 4.79 Å². The Morgan fingerprint density at radius 3 is 2.79 bits per heavy atom. The number of carbonyl (C=O) groups excluding carboxylic acids is 1. The standard InChI is InChI=1S/C16H21ClN6O/c1-12(15-18-19-20-21(15)2)22-7-4-8-23(10-9-22)16(24)13-5-3-6-14(17)11-13/h3,5-6,11-12H,4,7-10H2,1-2H3. The maximum Gasteiger partial charge on any atom is 0.253 e. The smallest absolute Gasteiger partial charge is 0.253 e. The van der Waals surface area contributed by atoms with Gasteiger partial charge in [-0.3, -0.25) is 9.69 Å². The van der Waals surface area contributed by atoms with Crippen LogP contribution in [0, 0.1) is 0 Å². The van der Waals surface area contributed by atoms with Crippen LogP contribution in [0.15, 0.2) is 24.3 Å². The Balaban J connectivity index is 1.67. The summed E-state index contributed by atoms with van der Waals surface area (Å²) in [4.78, 5) is 16.9. The molecule has 0 bridgehead atoms. The van der Waals surface area contributed by atoms with Crippen LogP contribution in [0.2, 0.25) is 5.02 Å². The van der Waals surface area contributed by atoms with E-state index in [1.807, 2.05) is 24.1 Å². The van der Waals surface area contributed by atoms with Crippen LogP contribution in [-0.2, 0) is 7.05 Å². The molecule has 1 fully saturated rings. The molecule has 0 N–H and O–H groups in total. The zero-order chi connectivity index (χ0) is 17.1. The van der Waals surface area contributed by atoms with Crippen LogP contribution in [0.25, 0.3) is 0 Å². The number of halogens is 1. The second-order valence-electron chi connectivity index (χ2n) is 6.03. The molecule has 7 nitrogen and oxygen atoms in total. The van der Waals surface area contributed by atoms with E-state index in [2.05, 4.69) is 27.3 Å². The third kappa shape index (κ3) is 3.57. The Labute approximate surface area is 146 Å². The van der Waals surface area contributed by atoms with Gasteiger partial charge in [0.05, 0.1) is 6.04 Å². The molecule has 1 atom stereocenters. The summed E-state index contributed by atoms with van der Waals surface area (Å²) in [6.45, 7) is 5.22. The minimum Gasteiger partial charge on any atom is -0.337 e. The number of hydrogen-bond donors (Lipinski definition) is 0. The Bertz CT molecular complexity index is 718. The first-order valence-electron chi connectivity index (χ1n) is 8.07. The maximum absolute atomic E-state index is 12.7. The third-order valence-corrected chi connectivity index (χ3v) is 4.70. The van der Waals surface area contributed by atoms with Crippen molar-refractivity contribution in [1.82, 2.24) is 30.0 Å². The Kier molecular flexibility index (Phi) is 5.11. The zero-order valence-corrected chi connectivity index (χ0v) is 14.6. The van der Waals surface area contributed by atoms with Crippen molar-refractivity contribution in [2.24, 2.45) is 7.05 Å². The molecule has 1 aliphatic heterocycles. The second-order valence-corrected chi connectivity index (χ2v) is 6.47. The number of benzene rings is 1. The normalized spacial score (nSPS) is 17.5. The van der Waals surface area contributed by atoms with Crippen LogP contribution in [0.1, 0.15) is 35.6 Å². The molecule has 8 heteroatoms. The van der Waals surface area contributed by atoms with E-state index in [1.54, 1.807) is 16.8 Å². The lowest BCUT2D eigenvalue weighted by Crippen LogP contribution is -2.36. The van der Waals surface area contributed by atoms with Crippen molar-refractivity contribution in [1.29, 1.82) is 0 Å². The SMILES string of the molecule is CC(c1nnnn1C)N1CCCN(C(=O)c2cccc(Cl)c2)CC1. The first-order valence-corrected chi connectivity index (χ1v) is 8.45. The van der Waals surface area contributed by atoms with Crippen LogP contribution in [0.5, 0.6) is 0 Å². The molecule has 0 radical (unpaired) electrons. The Morgan fingerprint density at radius 1 is 1.25 bits per heavy atom. The minimum atomic E-state index is 0.0346. The predicted molar refractivity (Wildman–Crippen MR) is 90.8 cm³/mol. The summed E-state index contributed by atoms with van der Waals surface area (Å²) >= 11 is 6.00. The minimum absolute atomic E-state index is 0.0346. The molecule has 2 heterocycles. The lowest BCUT2D eigenvalue weighted by molar-refractivity contribution is 0.0758. The van der Waals surface area contributed by atoms with Crippen molar-refractivity contribution in [3.8, 4) is 0 Å². The number of nitrogens with zero attached hydrogens (tertiary/aromatic N) is 6. The van der Waals surface area contributed by atoms with Gasteiger partial charge >= 0.3 is 0 Å². The van der Waals surface area contributed by atoms with E-state index < -0.39 is 0 Å². The van der Waals surface area contributed by atoms with Crippen LogP contribution >= 0.6 is 11.6 Å². The molecule has 2 aromatic rings. The van der Waals surface area contributed by atoms with Gasteiger partial charge in [0.1, 0.15) is 0 Å². The third-order valence-electron chi connectivity index (χ3n) is 4.46. The molecular formula is C16H21ClN6O. The predicted octanol–water partition coefficient (Wildman–Crippen LogP) is 1.77. The molecule has 0 spiro atoms. The second kappa shape index (κ2) is 7.27. The average molecular weight is 349 g/mol. The molecule has 1 aliphatic rings. The highest BCUT2D eigenvalue weighted by molar-refractivity contribution is 6.30. The molecule has 0 aliphatic carbocycles. The zero-order valence-electron chi connectivity index (χ0n) is 13.9. The van der Waals surface area contributed by atoms with Crippen molar-refractivity contribution >= 4 is 17.5 Å². The lowest BCUT2D eigenvalue weighted by atomic mass is 10.2. The largest absolute Gasteiger partial charge is 0.337 e. The van der Waals surface area contributed by atoms with Gasteiger partial charge in [0.15, 0.2) is 5.82 Å². The topological polar surface area (TPSA) is 67.2 Å².